The number of nitrogens with zero attached hydrogens (tertiary/aromatic N) is 3. The fourth-order valence-corrected chi connectivity index (χ4v) is 2.87. The first kappa shape index (κ1) is 15.7. The Morgan fingerprint density at radius 3 is 3.09 bits per heavy atom. The van der Waals surface area contributed by atoms with E-state index in [2.05, 4.69) is 20.2 Å². The second-order valence-corrected chi connectivity index (χ2v) is 6.02. The third kappa shape index (κ3) is 4.39. The second kappa shape index (κ2) is 7.37. The number of carbonyl (C=O) groups excluding carboxylic acids is 1. The molecule has 3 heterocycles. The fraction of sp³-hybridized carbons (Fsp3) is 0.471. The number of rotatable bonds is 5. The average Bonchev–Trinajstić information content (AvgIpc) is 3.07. The highest BCUT2D eigenvalue weighted by Crippen LogP contribution is 2.19. The molecule has 0 bridgehead atoms. The molecule has 6 heteroatoms. The summed E-state index contributed by atoms with van der Waals surface area (Å²) < 4.78 is 5.39. The van der Waals surface area contributed by atoms with Crippen molar-refractivity contribution in [3.8, 4) is 0 Å². The molecule has 1 amide bonds. The van der Waals surface area contributed by atoms with Crippen LogP contribution >= 0.6 is 0 Å². The minimum absolute atomic E-state index is 0.0251. The van der Waals surface area contributed by atoms with Crippen molar-refractivity contribution < 1.29 is 9.21 Å². The first-order valence-corrected chi connectivity index (χ1v) is 8.00. The van der Waals surface area contributed by atoms with Gasteiger partial charge < -0.3 is 9.73 Å². The molecule has 3 rings (SSSR count). The van der Waals surface area contributed by atoms with E-state index in [0.717, 1.165) is 49.6 Å². The van der Waals surface area contributed by atoms with Crippen LogP contribution in [0.1, 0.15) is 30.0 Å². The van der Waals surface area contributed by atoms with Crippen molar-refractivity contribution in [2.75, 3.05) is 13.1 Å². The number of hydrogen-bond donors (Lipinski definition) is 1. The second-order valence-electron chi connectivity index (χ2n) is 6.02. The number of likely N-dealkylation sites (tertiary alicyclic amines) is 1. The van der Waals surface area contributed by atoms with Crippen LogP contribution in [0.25, 0.3) is 0 Å². The normalized spacial score (nSPS) is 18.7. The van der Waals surface area contributed by atoms with Crippen LogP contribution in [0.15, 0.2) is 35.2 Å². The molecule has 0 saturated carbocycles. The van der Waals surface area contributed by atoms with Crippen LogP contribution in [-0.2, 0) is 17.9 Å². The van der Waals surface area contributed by atoms with E-state index in [9.17, 15) is 4.79 Å². The number of amides is 1. The summed E-state index contributed by atoms with van der Waals surface area (Å²) in [5, 5.41) is 2.98. The molecular weight excluding hydrogens is 292 g/mol. The number of aromatic nitrogens is 2. The number of furan rings is 1. The Kier molecular flexibility index (Phi) is 5.02. The molecule has 0 aromatic carbocycles. The molecule has 122 valence electrons. The highest BCUT2D eigenvalue weighted by molar-refractivity contribution is 5.78. The van der Waals surface area contributed by atoms with Crippen molar-refractivity contribution in [3.63, 3.8) is 0 Å². The van der Waals surface area contributed by atoms with Crippen LogP contribution in [0.5, 0.6) is 0 Å². The van der Waals surface area contributed by atoms with Gasteiger partial charge in [0.1, 0.15) is 5.76 Å². The Bertz CT molecular complexity index is 625. The lowest BCUT2D eigenvalue weighted by atomic mass is 9.97. The van der Waals surface area contributed by atoms with E-state index in [1.54, 1.807) is 18.7 Å². The molecule has 1 atom stereocenters. The van der Waals surface area contributed by atoms with Gasteiger partial charge in [-0.15, -0.1) is 0 Å². The molecule has 2 aromatic rings. The Labute approximate surface area is 135 Å². The quantitative estimate of drug-likeness (QED) is 0.913. The van der Waals surface area contributed by atoms with Crippen molar-refractivity contribution in [2.45, 2.75) is 32.9 Å². The van der Waals surface area contributed by atoms with Crippen LogP contribution in [0.2, 0.25) is 0 Å². The maximum Gasteiger partial charge on any atom is 0.224 e. The molecule has 0 aliphatic carbocycles. The molecule has 0 spiro atoms. The van der Waals surface area contributed by atoms with E-state index in [4.69, 9.17) is 4.42 Å². The summed E-state index contributed by atoms with van der Waals surface area (Å²) in [7, 11) is 0. The Balaban J connectivity index is 1.49. The predicted molar refractivity (Wildman–Crippen MR) is 85.3 cm³/mol. The van der Waals surface area contributed by atoms with E-state index in [-0.39, 0.29) is 11.8 Å². The molecule has 1 aliphatic rings. The minimum atomic E-state index is 0.0251. The Morgan fingerprint density at radius 1 is 1.43 bits per heavy atom. The Morgan fingerprint density at radius 2 is 2.35 bits per heavy atom. The molecule has 6 nitrogen and oxygen atoms in total. The topological polar surface area (TPSA) is 71.3 Å². The molecule has 1 saturated heterocycles. The van der Waals surface area contributed by atoms with Gasteiger partial charge in [0, 0.05) is 12.7 Å². The smallest absolute Gasteiger partial charge is 0.224 e. The molecular formula is C17H22N4O2. The van der Waals surface area contributed by atoms with Gasteiger partial charge in [0.05, 0.1) is 42.9 Å². The number of carbonyl (C=O) groups is 1. The summed E-state index contributed by atoms with van der Waals surface area (Å²) in [6, 6.07) is 3.87. The van der Waals surface area contributed by atoms with Crippen LogP contribution < -0.4 is 5.32 Å². The number of nitrogens with one attached hydrogen (secondary N) is 1. The highest BCUT2D eigenvalue weighted by atomic mass is 16.3. The molecule has 1 unspecified atom stereocenters. The minimum Gasteiger partial charge on any atom is -0.468 e. The van der Waals surface area contributed by atoms with E-state index in [1.807, 2.05) is 19.1 Å². The van der Waals surface area contributed by atoms with E-state index in [0.29, 0.717) is 6.54 Å². The van der Waals surface area contributed by atoms with Crippen LogP contribution in [0, 0.1) is 12.8 Å². The summed E-state index contributed by atoms with van der Waals surface area (Å²) in [5.41, 5.74) is 1.66. The number of aryl methyl sites for hydroxylation is 1. The zero-order valence-corrected chi connectivity index (χ0v) is 13.4. The summed E-state index contributed by atoms with van der Waals surface area (Å²) in [6.45, 7) is 4.87. The standard InChI is InChI=1S/C17H22N4O2/c1-13-8-19-15(9-18-13)10-20-17(22)14-4-2-6-21(11-14)12-16-5-3-7-23-16/h3,5,7-9,14H,2,4,6,10-12H2,1H3,(H,20,22). The van der Waals surface area contributed by atoms with Crippen molar-refractivity contribution in [2.24, 2.45) is 5.92 Å². The SMILES string of the molecule is Cc1cnc(CNC(=O)C2CCCN(Cc3ccco3)C2)cn1. The number of piperidine rings is 1. The van der Waals surface area contributed by atoms with Gasteiger partial charge in [0.25, 0.3) is 0 Å². The van der Waals surface area contributed by atoms with Gasteiger partial charge in [-0.05, 0) is 38.4 Å². The van der Waals surface area contributed by atoms with Crippen LogP contribution in [0.4, 0.5) is 0 Å². The fourth-order valence-electron chi connectivity index (χ4n) is 2.87. The van der Waals surface area contributed by atoms with Crippen molar-refractivity contribution in [3.05, 3.63) is 47.9 Å². The molecule has 1 aliphatic heterocycles. The van der Waals surface area contributed by atoms with Gasteiger partial charge in [-0.1, -0.05) is 0 Å². The third-order valence-corrected chi connectivity index (χ3v) is 4.11. The molecule has 2 aromatic heterocycles. The lowest BCUT2D eigenvalue weighted by Crippen LogP contribution is -2.42. The van der Waals surface area contributed by atoms with E-state index in [1.165, 1.54) is 0 Å². The first-order valence-electron chi connectivity index (χ1n) is 8.00. The van der Waals surface area contributed by atoms with Gasteiger partial charge in [-0.3, -0.25) is 19.7 Å². The van der Waals surface area contributed by atoms with Crippen molar-refractivity contribution in [1.29, 1.82) is 0 Å². The highest BCUT2D eigenvalue weighted by Gasteiger charge is 2.26. The summed E-state index contributed by atoms with van der Waals surface area (Å²) in [6.07, 6.45) is 7.07. The first-order chi connectivity index (χ1) is 11.2. The molecule has 1 fully saturated rings. The van der Waals surface area contributed by atoms with Gasteiger partial charge in [-0.25, -0.2) is 0 Å². The predicted octanol–water partition coefficient (Wildman–Crippen LogP) is 1.91. The third-order valence-electron chi connectivity index (χ3n) is 4.11. The number of hydrogen-bond acceptors (Lipinski definition) is 5. The monoisotopic (exact) mass is 314 g/mol. The largest absolute Gasteiger partial charge is 0.468 e. The van der Waals surface area contributed by atoms with Gasteiger partial charge in [0.15, 0.2) is 0 Å². The van der Waals surface area contributed by atoms with E-state index < -0.39 is 0 Å². The lowest BCUT2D eigenvalue weighted by Gasteiger charge is -2.31. The summed E-state index contributed by atoms with van der Waals surface area (Å²) in [4.78, 5) is 23.1. The summed E-state index contributed by atoms with van der Waals surface area (Å²) >= 11 is 0. The Hall–Kier alpha value is -2.21. The van der Waals surface area contributed by atoms with Crippen molar-refractivity contribution >= 4 is 5.91 Å². The maximum absolute atomic E-state index is 12.4. The summed E-state index contributed by atoms with van der Waals surface area (Å²) in [5.74, 6) is 1.06. The zero-order chi connectivity index (χ0) is 16.1. The molecule has 0 radical (unpaired) electrons. The van der Waals surface area contributed by atoms with Crippen molar-refractivity contribution in [1.82, 2.24) is 20.2 Å². The lowest BCUT2D eigenvalue weighted by molar-refractivity contribution is -0.127. The van der Waals surface area contributed by atoms with Gasteiger partial charge in [-0.2, -0.15) is 0 Å². The molecule has 23 heavy (non-hydrogen) atoms. The van der Waals surface area contributed by atoms with E-state index >= 15 is 0 Å². The molecule has 1 N–H and O–H groups in total. The van der Waals surface area contributed by atoms with Crippen LogP contribution in [-0.4, -0.2) is 33.9 Å². The van der Waals surface area contributed by atoms with Gasteiger partial charge >= 0.3 is 0 Å². The van der Waals surface area contributed by atoms with Crippen LogP contribution in [0.3, 0.4) is 0 Å². The average molecular weight is 314 g/mol. The zero-order valence-electron chi connectivity index (χ0n) is 13.4. The van der Waals surface area contributed by atoms with Gasteiger partial charge in [0.2, 0.25) is 5.91 Å². The maximum atomic E-state index is 12.4.